The molecule has 4 nitrogen and oxygen atoms in total. The van der Waals surface area contributed by atoms with Gasteiger partial charge in [-0.15, -0.1) is 0 Å². The minimum atomic E-state index is 0.834. The predicted octanol–water partition coefficient (Wildman–Crippen LogP) is 2.82. The Labute approximate surface area is 129 Å². The van der Waals surface area contributed by atoms with Gasteiger partial charge in [0.1, 0.15) is 5.84 Å². The first kappa shape index (κ1) is 13.1. The number of aromatic nitrogens is 2. The van der Waals surface area contributed by atoms with E-state index in [0.717, 1.165) is 37.4 Å². The van der Waals surface area contributed by atoms with Crippen LogP contribution in [-0.4, -0.2) is 28.5 Å². The van der Waals surface area contributed by atoms with E-state index in [0.29, 0.717) is 0 Å². The highest BCUT2D eigenvalue weighted by atomic mass is 15.0. The molecule has 2 heterocycles. The molecule has 3 aromatic rings. The van der Waals surface area contributed by atoms with Crippen LogP contribution in [0.25, 0.3) is 11.0 Å². The van der Waals surface area contributed by atoms with E-state index in [4.69, 9.17) is 0 Å². The number of nitrogens with zero attached hydrogens (tertiary/aromatic N) is 3. The molecule has 4 heteroatoms. The molecule has 0 unspecified atom stereocenters. The first-order valence-electron chi connectivity index (χ1n) is 7.68. The number of para-hydroxylation sites is 2. The summed E-state index contributed by atoms with van der Waals surface area (Å²) in [5.41, 5.74) is 4.65. The van der Waals surface area contributed by atoms with Gasteiger partial charge in [-0.1, -0.05) is 36.4 Å². The summed E-state index contributed by atoms with van der Waals surface area (Å²) in [5.74, 6) is 1.02. The topological polar surface area (TPSA) is 42.2 Å². The van der Waals surface area contributed by atoms with Crippen LogP contribution in [0.4, 0.5) is 0 Å². The summed E-state index contributed by atoms with van der Waals surface area (Å²) >= 11 is 0. The zero-order chi connectivity index (χ0) is 14.8. The van der Waals surface area contributed by atoms with Crippen LogP contribution in [0.3, 0.4) is 0 Å². The van der Waals surface area contributed by atoms with Gasteiger partial charge in [0.25, 0.3) is 0 Å². The number of rotatable bonds is 3. The Kier molecular flexibility index (Phi) is 3.35. The van der Waals surface area contributed by atoms with Crippen molar-refractivity contribution in [2.45, 2.75) is 13.0 Å². The van der Waals surface area contributed by atoms with Crippen molar-refractivity contribution in [1.82, 2.24) is 14.9 Å². The molecule has 2 aromatic carbocycles. The molecular formula is C18H18N4. The normalized spacial score (nSPS) is 14.6. The highest BCUT2D eigenvalue weighted by Crippen LogP contribution is 2.15. The molecule has 0 saturated carbocycles. The standard InChI is InChI=1S/C18H18N4/c1-2-5-17-16(4-1)21-13-22(17)12-14-6-8-15(9-7-14)18-19-10-3-11-20-18/h1-2,4-9,13H,3,10-12H2,(H,19,20). The van der Waals surface area contributed by atoms with Crippen molar-refractivity contribution in [2.75, 3.05) is 13.1 Å². The van der Waals surface area contributed by atoms with E-state index >= 15 is 0 Å². The number of fused-ring (bicyclic) bond motifs is 1. The molecule has 1 aromatic heterocycles. The fourth-order valence-electron chi connectivity index (χ4n) is 2.83. The van der Waals surface area contributed by atoms with E-state index in [1.54, 1.807) is 0 Å². The summed E-state index contributed by atoms with van der Waals surface area (Å²) in [4.78, 5) is 8.98. The summed E-state index contributed by atoms with van der Waals surface area (Å²) in [7, 11) is 0. The number of imidazole rings is 1. The summed E-state index contributed by atoms with van der Waals surface area (Å²) in [6, 6.07) is 16.9. The van der Waals surface area contributed by atoms with Crippen molar-refractivity contribution in [3.63, 3.8) is 0 Å². The number of hydrogen-bond acceptors (Lipinski definition) is 3. The Hall–Kier alpha value is -2.62. The molecule has 0 saturated heterocycles. The van der Waals surface area contributed by atoms with Crippen LogP contribution < -0.4 is 5.32 Å². The Morgan fingerprint density at radius 3 is 2.73 bits per heavy atom. The van der Waals surface area contributed by atoms with Gasteiger partial charge >= 0.3 is 0 Å². The van der Waals surface area contributed by atoms with E-state index in [9.17, 15) is 0 Å². The van der Waals surface area contributed by atoms with Gasteiger partial charge in [-0.2, -0.15) is 0 Å². The van der Waals surface area contributed by atoms with E-state index in [2.05, 4.69) is 56.3 Å². The molecule has 1 N–H and O–H groups in total. The lowest BCUT2D eigenvalue weighted by Gasteiger charge is -2.15. The zero-order valence-corrected chi connectivity index (χ0v) is 12.4. The Morgan fingerprint density at radius 1 is 1.05 bits per heavy atom. The van der Waals surface area contributed by atoms with Crippen LogP contribution in [0, 0.1) is 0 Å². The van der Waals surface area contributed by atoms with Crippen molar-refractivity contribution in [1.29, 1.82) is 0 Å². The maximum Gasteiger partial charge on any atom is 0.128 e. The molecule has 1 aliphatic rings. The van der Waals surface area contributed by atoms with Crippen molar-refractivity contribution in [2.24, 2.45) is 4.99 Å². The van der Waals surface area contributed by atoms with E-state index < -0.39 is 0 Å². The lowest BCUT2D eigenvalue weighted by Crippen LogP contribution is -2.30. The fourth-order valence-corrected chi connectivity index (χ4v) is 2.83. The molecule has 0 bridgehead atoms. The minimum absolute atomic E-state index is 0.834. The highest BCUT2D eigenvalue weighted by molar-refractivity contribution is 5.99. The van der Waals surface area contributed by atoms with Crippen molar-refractivity contribution < 1.29 is 0 Å². The third-order valence-electron chi connectivity index (χ3n) is 4.00. The smallest absolute Gasteiger partial charge is 0.128 e. The SMILES string of the molecule is c1ccc2c(c1)ncn2Cc1ccc(C2=NCCCN2)cc1. The molecular weight excluding hydrogens is 272 g/mol. The average molecular weight is 290 g/mol. The second-order valence-electron chi connectivity index (χ2n) is 5.57. The van der Waals surface area contributed by atoms with Crippen molar-refractivity contribution >= 4 is 16.9 Å². The molecule has 0 fully saturated rings. The molecule has 0 spiro atoms. The molecule has 0 radical (unpaired) electrons. The number of aliphatic imine (C=N–C) groups is 1. The second kappa shape index (κ2) is 5.64. The van der Waals surface area contributed by atoms with Gasteiger partial charge in [0.15, 0.2) is 0 Å². The third kappa shape index (κ3) is 2.48. The van der Waals surface area contributed by atoms with Crippen molar-refractivity contribution in [3.05, 3.63) is 66.0 Å². The van der Waals surface area contributed by atoms with Crippen LogP contribution in [0.5, 0.6) is 0 Å². The largest absolute Gasteiger partial charge is 0.370 e. The van der Waals surface area contributed by atoms with Gasteiger partial charge in [-0.05, 0) is 24.1 Å². The monoisotopic (exact) mass is 290 g/mol. The summed E-state index contributed by atoms with van der Waals surface area (Å²) in [5, 5.41) is 3.36. The fraction of sp³-hybridized carbons (Fsp3) is 0.222. The maximum absolute atomic E-state index is 4.54. The van der Waals surface area contributed by atoms with Crippen molar-refractivity contribution in [3.8, 4) is 0 Å². The number of amidine groups is 1. The average Bonchev–Trinajstić information content (AvgIpc) is 3.00. The van der Waals surface area contributed by atoms with Gasteiger partial charge in [-0.3, -0.25) is 4.99 Å². The molecule has 22 heavy (non-hydrogen) atoms. The van der Waals surface area contributed by atoms with Crippen LogP contribution >= 0.6 is 0 Å². The molecule has 0 atom stereocenters. The first-order chi connectivity index (χ1) is 10.9. The Morgan fingerprint density at radius 2 is 1.91 bits per heavy atom. The lowest BCUT2D eigenvalue weighted by atomic mass is 10.1. The van der Waals surface area contributed by atoms with Crippen LogP contribution in [0.2, 0.25) is 0 Å². The molecule has 0 aliphatic carbocycles. The summed E-state index contributed by atoms with van der Waals surface area (Å²) in [6.45, 7) is 2.77. The Balaban J connectivity index is 1.57. The van der Waals surface area contributed by atoms with Gasteiger partial charge < -0.3 is 9.88 Å². The Bertz CT molecular complexity index is 814. The zero-order valence-electron chi connectivity index (χ0n) is 12.4. The molecule has 110 valence electrons. The number of benzene rings is 2. The van der Waals surface area contributed by atoms with Crippen LogP contribution in [0.1, 0.15) is 17.5 Å². The number of nitrogens with one attached hydrogen (secondary N) is 1. The van der Waals surface area contributed by atoms with E-state index in [-0.39, 0.29) is 0 Å². The summed E-state index contributed by atoms with van der Waals surface area (Å²) in [6.07, 6.45) is 3.03. The third-order valence-corrected chi connectivity index (χ3v) is 4.00. The number of hydrogen-bond donors (Lipinski definition) is 1. The minimum Gasteiger partial charge on any atom is -0.370 e. The van der Waals surface area contributed by atoms with E-state index in [1.807, 2.05) is 18.5 Å². The quantitative estimate of drug-likeness (QED) is 0.806. The van der Waals surface area contributed by atoms with Crippen LogP contribution in [0.15, 0.2) is 59.9 Å². The maximum atomic E-state index is 4.54. The van der Waals surface area contributed by atoms with E-state index in [1.165, 1.54) is 16.6 Å². The second-order valence-corrected chi connectivity index (χ2v) is 5.57. The molecule has 1 aliphatic heterocycles. The van der Waals surface area contributed by atoms with Crippen LogP contribution in [-0.2, 0) is 6.54 Å². The molecule has 4 rings (SSSR count). The van der Waals surface area contributed by atoms with Gasteiger partial charge in [0.2, 0.25) is 0 Å². The predicted molar refractivity (Wildman–Crippen MR) is 89.3 cm³/mol. The van der Waals surface area contributed by atoms with Gasteiger partial charge in [0.05, 0.1) is 17.4 Å². The lowest BCUT2D eigenvalue weighted by molar-refractivity contribution is 0.742. The summed E-state index contributed by atoms with van der Waals surface area (Å²) < 4.78 is 2.18. The van der Waals surface area contributed by atoms with Gasteiger partial charge in [-0.25, -0.2) is 4.98 Å². The molecule has 0 amide bonds. The van der Waals surface area contributed by atoms with Gasteiger partial charge in [0, 0.05) is 25.2 Å². The highest BCUT2D eigenvalue weighted by Gasteiger charge is 2.07. The first-order valence-corrected chi connectivity index (χ1v) is 7.68.